The molecule has 2 aliphatic heterocycles. The molecule has 0 aliphatic carbocycles. The van der Waals surface area contributed by atoms with Crippen molar-refractivity contribution >= 4 is 27.6 Å². The van der Waals surface area contributed by atoms with Gasteiger partial charge in [-0.05, 0) is 44.0 Å². The number of sulfonamides is 1. The number of nitrogens with zero attached hydrogens (tertiary/aromatic N) is 2. The Morgan fingerprint density at radius 2 is 1.79 bits per heavy atom. The molecule has 0 spiro atoms. The van der Waals surface area contributed by atoms with E-state index in [4.69, 9.17) is 14.2 Å². The molecular formula is C23H26N2O7S. The van der Waals surface area contributed by atoms with Crippen LogP contribution in [0.1, 0.15) is 19.8 Å². The van der Waals surface area contributed by atoms with Crippen LogP contribution in [0.5, 0.6) is 11.5 Å². The number of amides is 1. The van der Waals surface area contributed by atoms with Crippen LogP contribution < -0.4 is 14.4 Å². The quantitative estimate of drug-likeness (QED) is 0.592. The van der Waals surface area contributed by atoms with Crippen molar-refractivity contribution in [3.63, 3.8) is 0 Å². The van der Waals surface area contributed by atoms with Crippen LogP contribution in [0.2, 0.25) is 0 Å². The summed E-state index contributed by atoms with van der Waals surface area (Å²) in [5.74, 6) is -0.319. The summed E-state index contributed by atoms with van der Waals surface area (Å²) in [6.45, 7) is 2.39. The predicted molar refractivity (Wildman–Crippen MR) is 120 cm³/mol. The first-order chi connectivity index (χ1) is 15.8. The van der Waals surface area contributed by atoms with E-state index in [1.165, 1.54) is 24.0 Å². The lowest BCUT2D eigenvalue weighted by atomic mass is 10.2. The standard InChI is InChI=1S/C23H26N2O7S/c1-16(22(26)24(2)17-7-4-3-5-8-17)32-23(27)19-9-6-12-25(19)33(28,29)18-10-11-20-21(15-18)31-14-13-30-20/h3-5,7-8,10-11,15-16,19H,6,9,12-14H2,1-2H3/t16-,19+/m0/s1. The lowest BCUT2D eigenvalue weighted by Gasteiger charge is -2.26. The zero-order chi connectivity index (χ0) is 23.6. The van der Waals surface area contributed by atoms with Gasteiger partial charge in [0.1, 0.15) is 19.3 Å². The molecule has 176 valence electrons. The van der Waals surface area contributed by atoms with E-state index in [0.717, 1.165) is 4.31 Å². The molecule has 0 N–H and O–H groups in total. The molecule has 2 aromatic rings. The maximum atomic E-state index is 13.3. The van der Waals surface area contributed by atoms with Crippen LogP contribution in [0.25, 0.3) is 0 Å². The van der Waals surface area contributed by atoms with Crippen LogP contribution >= 0.6 is 0 Å². The molecule has 2 atom stereocenters. The molecule has 0 aromatic heterocycles. The normalized spacial score (nSPS) is 19.0. The highest BCUT2D eigenvalue weighted by Gasteiger charge is 2.41. The number of hydrogen-bond donors (Lipinski definition) is 0. The number of fused-ring (bicyclic) bond motifs is 1. The molecule has 1 saturated heterocycles. The summed E-state index contributed by atoms with van der Waals surface area (Å²) >= 11 is 0. The minimum Gasteiger partial charge on any atom is -0.486 e. The molecule has 0 bridgehead atoms. The first-order valence-electron chi connectivity index (χ1n) is 10.7. The van der Waals surface area contributed by atoms with Gasteiger partial charge >= 0.3 is 5.97 Å². The number of esters is 1. The smallest absolute Gasteiger partial charge is 0.325 e. The summed E-state index contributed by atoms with van der Waals surface area (Å²) in [5.41, 5.74) is 0.661. The average Bonchev–Trinajstić information content (AvgIpc) is 3.34. The molecule has 0 radical (unpaired) electrons. The van der Waals surface area contributed by atoms with E-state index in [0.29, 0.717) is 43.2 Å². The highest BCUT2D eigenvalue weighted by molar-refractivity contribution is 7.89. The van der Waals surface area contributed by atoms with E-state index in [1.807, 2.05) is 6.07 Å². The molecule has 10 heteroatoms. The van der Waals surface area contributed by atoms with Gasteiger partial charge < -0.3 is 19.1 Å². The van der Waals surface area contributed by atoms with Crippen LogP contribution in [0.4, 0.5) is 5.69 Å². The predicted octanol–water partition coefficient (Wildman–Crippen LogP) is 2.21. The molecular weight excluding hydrogens is 448 g/mol. The zero-order valence-electron chi connectivity index (χ0n) is 18.5. The summed E-state index contributed by atoms with van der Waals surface area (Å²) < 4.78 is 44.1. The largest absolute Gasteiger partial charge is 0.486 e. The Bertz CT molecular complexity index is 1140. The number of carbonyl (C=O) groups excluding carboxylic acids is 2. The summed E-state index contributed by atoms with van der Waals surface area (Å²) in [6, 6.07) is 12.4. The first-order valence-corrected chi connectivity index (χ1v) is 12.2. The van der Waals surface area contributed by atoms with Gasteiger partial charge in [-0.3, -0.25) is 9.59 Å². The number of rotatable bonds is 6. The van der Waals surface area contributed by atoms with Crippen LogP contribution in [0, 0.1) is 0 Å². The molecule has 1 amide bonds. The molecule has 2 heterocycles. The van der Waals surface area contributed by atoms with Crippen molar-refractivity contribution in [2.24, 2.45) is 0 Å². The number of ether oxygens (including phenoxy) is 3. The minimum atomic E-state index is -3.98. The van der Waals surface area contributed by atoms with Gasteiger partial charge in [0.05, 0.1) is 4.90 Å². The van der Waals surface area contributed by atoms with Gasteiger partial charge in [-0.15, -0.1) is 0 Å². The topological polar surface area (TPSA) is 102 Å². The fourth-order valence-electron chi connectivity index (χ4n) is 3.94. The summed E-state index contributed by atoms with van der Waals surface area (Å²) in [5, 5.41) is 0. The maximum absolute atomic E-state index is 13.3. The van der Waals surface area contributed by atoms with Crippen molar-refractivity contribution in [1.29, 1.82) is 0 Å². The average molecular weight is 475 g/mol. The molecule has 4 rings (SSSR count). The van der Waals surface area contributed by atoms with E-state index in [1.54, 1.807) is 37.4 Å². The van der Waals surface area contributed by atoms with Crippen LogP contribution in [-0.4, -0.2) is 63.6 Å². The van der Waals surface area contributed by atoms with Gasteiger partial charge in [-0.2, -0.15) is 4.31 Å². The Labute approximate surface area is 192 Å². The van der Waals surface area contributed by atoms with Gasteiger partial charge in [0, 0.05) is 25.3 Å². The summed E-state index contributed by atoms with van der Waals surface area (Å²) in [7, 11) is -2.39. The van der Waals surface area contributed by atoms with E-state index >= 15 is 0 Å². The Hall–Kier alpha value is -3.11. The number of benzene rings is 2. The first kappa shape index (κ1) is 23.1. The van der Waals surface area contributed by atoms with Gasteiger partial charge in [0.2, 0.25) is 10.0 Å². The molecule has 2 aromatic carbocycles. The molecule has 0 saturated carbocycles. The number of hydrogen-bond acceptors (Lipinski definition) is 7. The van der Waals surface area contributed by atoms with E-state index in [2.05, 4.69) is 0 Å². The Kier molecular flexibility index (Phi) is 6.57. The lowest BCUT2D eigenvalue weighted by Crippen LogP contribution is -2.44. The number of carbonyl (C=O) groups is 2. The second-order valence-electron chi connectivity index (χ2n) is 7.89. The second kappa shape index (κ2) is 9.40. The van der Waals surface area contributed by atoms with Crippen molar-refractivity contribution in [2.75, 3.05) is 31.7 Å². The van der Waals surface area contributed by atoms with E-state index in [9.17, 15) is 18.0 Å². The van der Waals surface area contributed by atoms with Crippen LogP contribution in [0.15, 0.2) is 53.4 Å². The molecule has 9 nitrogen and oxygen atoms in total. The molecule has 2 aliphatic rings. The van der Waals surface area contributed by atoms with E-state index in [-0.39, 0.29) is 11.4 Å². The SMILES string of the molecule is C[C@H](OC(=O)[C@H]1CCCN1S(=O)(=O)c1ccc2c(c1)OCCO2)C(=O)N(C)c1ccccc1. The van der Waals surface area contributed by atoms with Crippen molar-refractivity contribution in [1.82, 2.24) is 4.31 Å². The Morgan fingerprint density at radius 3 is 2.52 bits per heavy atom. The Morgan fingerprint density at radius 1 is 1.09 bits per heavy atom. The van der Waals surface area contributed by atoms with Crippen molar-refractivity contribution in [2.45, 2.75) is 36.8 Å². The summed E-state index contributed by atoms with van der Waals surface area (Å²) in [4.78, 5) is 27.0. The lowest BCUT2D eigenvalue weighted by molar-refractivity contribution is -0.156. The van der Waals surface area contributed by atoms with E-state index < -0.39 is 34.0 Å². The number of anilines is 1. The molecule has 33 heavy (non-hydrogen) atoms. The highest BCUT2D eigenvalue weighted by atomic mass is 32.2. The van der Waals surface area contributed by atoms with Crippen molar-refractivity contribution in [3.8, 4) is 11.5 Å². The van der Waals surface area contributed by atoms with Crippen LogP contribution in [-0.2, 0) is 24.3 Å². The van der Waals surface area contributed by atoms with Gasteiger partial charge in [0.25, 0.3) is 5.91 Å². The molecule has 1 fully saturated rings. The second-order valence-corrected chi connectivity index (χ2v) is 9.78. The maximum Gasteiger partial charge on any atom is 0.325 e. The minimum absolute atomic E-state index is 0.0133. The fraction of sp³-hybridized carbons (Fsp3) is 0.391. The highest BCUT2D eigenvalue weighted by Crippen LogP contribution is 2.35. The monoisotopic (exact) mass is 474 g/mol. The van der Waals surface area contributed by atoms with Crippen LogP contribution in [0.3, 0.4) is 0 Å². The van der Waals surface area contributed by atoms with Crippen molar-refractivity contribution in [3.05, 3.63) is 48.5 Å². The fourth-order valence-corrected chi connectivity index (χ4v) is 5.60. The zero-order valence-corrected chi connectivity index (χ0v) is 19.3. The molecule has 0 unspecified atom stereocenters. The Balaban J connectivity index is 1.47. The summed E-state index contributed by atoms with van der Waals surface area (Å²) in [6.07, 6.45) is -0.240. The third-order valence-corrected chi connectivity index (χ3v) is 7.61. The third kappa shape index (κ3) is 4.67. The van der Waals surface area contributed by atoms with Gasteiger partial charge in [-0.25, -0.2) is 8.42 Å². The van der Waals surface area contributed by atoms with Gasteiger partial charge in [-0.1, -0.05) is 18.2 Å². The van der Waals surface area contributed by atoms with Gasteiger partial charge in [0.15, 0.2) is 17.6 Å². The third-order valence-electron chi connectivity index (χ3n) is 5.71. The number of para-hydroxylation sites is 1. The van der Waals surface area contributed by atoms with Crippen molar-refractivity contribution < 1.29 is 32.2 Å². The number of likely N-dealkylation sites (N-methyl/N-ethyl adjacent to an activating group) is 1.